The molecule has 0 aromatic heterocycles. The predicted molar refractivity (Wildman–Crippen MR) is 67.1 cm³/mol. The number of rotatable bonds is 4. The zero-order valence-electron chi connectivity index (χ0n) is 10.6. The van der Waals surface area contributed by atoms with Gasteiger partial charge in [-0.15, -0.1) is 0 Å². The quantitative estimate of drug-likeness (QED) is 0.886. The second-order valence-electron chi connectivity index (χ2n) is 4.81. The van der Waals surface area contributed by atoms with Crippen LogP contribution in [0.5, 0.6) is 0 Å². The highest BCUT2D eigenvalue weighted by atomic mass is 16.4. The Labute approximate surface area is 106 Å². The van der Waals surface area contributed by atoms with Gasteiger partial charge in [0.1, 0.15) is 0 Å². The highest BCUT2D eigenvalue weighted by Crippen LogP contribution is 2.34. The van der Waals surface area contributed by atoms with Crippen LogP contribution in [-0.2, 0) is 9.59 Å². The summed E-state index contributed by atoms with van der Waals surface area (Å²) in [6.07, 6.45) is 1.80. The molecule has 1 N–H and O–H groups in total. The number of aryl methyl sites for hydroxylation is 1. The number of carboxylic acids is 1. The van der Waals surface area contributed by atoms with Crippen molar-refractivity contribution in [2.75, 3.05) is 0 Å². The van der Waals surface area contributed by atoms with Crippen molar-refractivity contribution in [1.29, 1.82) is 0 Å². The summed E-state index contributed by atoms with van der Waals surface area (Å²) in [5.41, 5.74) is 1.74. The van der Waals surface area contributed by atoms with Crippen molar-refractivity contribution in [3.05, 3.63) is 35.4 Å². The third-order valence-corrected chi connectivity index (χ3v) is 3.21. The molecule has 0 heterocycles. The van der Waals surface area contributed by atoms with Gasteiger partial charge in [-0.3, -0.25) is 4.79 Å². The molecule has 1 aromatic rings. The van der Waals surface area contributed by atoms with Crippen molar-refractivity contribution in [2.45, 2.75) is 38.8 Å². The first-order valence-corrected chi connectivity index (χ1v) is 6.09. The number of benzene rings is 1. The fourth-order valence-electron chi connectivity index (χ4n) is 2.17. The maximum absolute atomic E-state index is 11.7. The molecule has 1 aromatic carbocycles. The molecule has 0 spiro atoms. The van der Waals surface area contributed by atoms with Gasteiger partial charge in [0.15, 0.2) is 6.04 Å². The average Bonchev–Trinajstić information content (AvgIpc) is 3.10. The van der Waals surface area contributed by atoms with E-state index < -0.39 is 12.0 Å². The van der Waals surface area contributed by atoms with E-state index in [9.17, 15) is 14.7 Å². The number of amides is 1. The SMILES string of the molecule is CC(=O)N(C1CC1)C(C(=O)O)c1ccc(C)cc1. The van der Waals surface area contributed by atoms with Crippen molar-refractivity contribution in [1.82, 2.24) is 4.90 Å². The third kappa shape index (κ3) is 2.53. The fourth-order valence-corrected chi connectivity index (χ4v) is 2.17. The van der Waals surface area contributed by atoms with E-state index in [1.54, 1.807) is 12.1 Å². The standard InChI is InChI=1S/C14H17NO3/c1-9-3-5-11(6-4-9)13(14(17)18)15(10(2)16)12-7-8-12/h3-6,12-13H,7-8H2,1-2H3,(H,17,18). The number of carbonyl (C=O) groups is 2. The molecule has 1 atom stereocenters. The Bertz CT molecular complexity index is 462. The van der Waals surface area contributed by atoms with Gasteiger partial charge in [-0.25, -0.2) is 4.79 Å². The Hall–Kier alpha value is -1.84. The highest BCUT2D eigenvalue weighted by molar-refractivity contribution is 5.84. The Balaban J connectivity index is 2.35. The van der Waals surface area contributed by atoms with Gasteiger partial charge < -0.3 is 10.0 Å². The zero-order valence-corrected chi connectivity index (χ0v) is 10.6. The summed E-state index contributed by atoms with van der Waals surface area (Å²) in [6, 6.07) is 6.53. The lowest BCUT2D eigenvalue weighted by Crippen LogP contribution is -2.39. The van der Waals surface area contributed by atoms with E-state index >= 15 is 0 Å². The number of hydrogen-bond donors (Lipinski definition) is 1. The van der Waals surface area contributed by atoms with E-state index in [1.807, 2.05) is 19.1 Å². The van der Waals surface area contributed by atoms with Crippen LogP contribution >= 0.6 is 0 Å². The first-order valence-electron chi connectivity index (χ1n) is 6.09. The molecule has 0 aliphatic heterocycles. The van der Waals surface area contributed by atoms with Gasteiger partial charge in [-0.2, -0.15) is 0 Å². The molecule has 0 bridgehead atoms. The summed E-state index contributed by atoms with van der Waals surface area (Å²) in [6.45, 7) is 3.38. The molecule has 1 saturated carbocycles. The summed E-state index contributed by atoms with van der Waals surface area (Å²) in [7, 11) is 0. The summed E-state index contributed by atoms with van der Waals surface area (Å²) in [5.74, 6) is -1.15. The first-order chi connectivity index (χ1) is 8.50. The summed E-state index contributed by atoms with van der Waals surface area (Å²) < 4.78 is 0. The third-order valence-electron chi connectivity index (χ3n) is 3.21. The number of aliphatic carboxylic acids is 1. The lowest BCUT2D eigenvalue weighted by Gasteiger charge is -2.28. The zero-order chi connectivity index (χ0) is 13.3. The minimum absolute atomic E-state index is 0.0879. The molecule has 96 valence electrons. The number of hydrogen-bond acceptors (Lipinski definition) is 2. The van der Waals surface area contributed by atoms with Crippen molar-refractivity contribution in [3.8, 4) is 0 Å². The molecule has 1 unspecified atom stereocenters. The minimum Gasteiger partial charge on any atom is -0.479 e. The Morgan fingerprint density at radius 3 is 2.22 bits per heavy atom. The molecule has 1 fully saturated rings. The average molecular weight is 247 g/mol. The van der Waals surface area contributed by atoms with Crippen LogP contribution in [0.25, 0.3) is 0 Å². The lowest BCUT2D eigenvalue weighted by molar-refractivity contribution is -0.150. The van der Waals surface area contributed by atoms with Crippen molar-refractivity contribution >= 4 is 11.9 Å². The van der Waals surface area contributed by atoms with Gasteiger partial charge in [0.25, 0.3) is 0 Å². The molecule has 4 heteroatoms. The van der Waals surface area contributed by atoms with Gasteiger partial charge in [0.05, 0.1) is 0 Å². The molecule has 4 nitrogen and oxygen atoms in total. The van der Waals surface area contributed by atoms with Crippen LogP contribution < -0.4 is 0 Å². The van der Waals surface area contributed by atoms with Crippen LogP contribution in [0.2, 0.25) is 0 Å². The number of carbonyl (C=O) groups excluding carboxylic acids is 1. The minimum atomic E-state index is -0.971. The molecule has 1 aliphatic rings. The van der Waals surface area contributed by atoms with E-state index in [1.165, 1.54) is 11.8 Å². The van der Waals surface area contributed by atoms with Crippen LogP contribution in [0.1, 0.15) is 36.9 Å². The van der Waals surface area contributed by atoms with Crippen LogP contribution in [-0.4, -0.2) is 27.9 Å². The summed E-state index contributed by atoms with van der Waals surface area (Å²) >= 11 is 0. The van der Waals surface area contributed by atoms with Gasteiger partial charge in [-0.05, 0) is 25.3 Å². The molecular formula is C14H17NO3. The molecule has 1 amide bonds. The molecule has 0 radical (unpaired) electrons. The summed E-state index contributed by atoms with van der Waals surface area (Å²) in [5, 5.41) is 9.40. The molecule has 1 aliphatic carbocycles. The van der Waals surface area contributed by atoms with Crippen LogP contribution in [0.4, 0.5) is 0 Å². The Morgan fingerprint density at radius 1 is 1.28 bits per heavy atom. The molecular weight excluding hydrogens is 230 g/mol. The van der Waals surface area contributed by atoms with Crippen LogP contribution in [0, 0.1) is 6.92 Å². The predicted octanol–water partition coefficient (Wildman–Crippen LogP) is 2.13. The first kappa shape index (κ1) is 12.6. The van der Waals surface area contributed by atoms with E-state index in [-0.39, 0.29) is 11.9 Å². The molecule has 18 heavy (non-hydrogen) atoms. The maximum Gasteiger partial charge on any atom is 0.331 e. The number of nitrogens with zero attached hydrogens (tertiary/aromatic N) is 1. The van der Waals surface area contributed by atoms with E-state index in [0.717, 1.165) is 18.4 Å². The van der Waals surface area contributed by atoms with Gasteiger partial charge in [0, 0.05) is 13.0 Å². The van der Waals surface area contributed by atoms with Crippen molar-refractivity contribution < 1.29 is 14.7 Å². The molecule has 0 saturated heterocycles. The highest BCUT2D eigenvalue weighted by Gasteiger charge is 2.39. The van der Waals surface area contributed by atoms with Crippen LogP contribution in [0.3, 0.4) is 0 Å². The van der Waals surface area contributed by atoms with E-state index in [2.05, 4.69) is 0 Å². The summed E-state index contributed by atoms with van der Waals surface area (Å²) in [4.78, 5) is 24.6. The van der Waals surface area contributed by atoms with Crippen molar-refractivity contribution in [2.24, 2.45) is 0 Å². The van der Waals surface area contributed by atoms with Gasteiger partial charge in [0.2, 0.25) is 5.91 Å². The normalized spacial score (nSPS) is 16.1. The monoisotopic (exact) mass is 247 g/mol. The Kier molecular flexibility index (Phi) is 3.36. The smallest absolute Gasteiger partial charge is 0.331 e. The maximum atomic E-state index is 11.7. The topological polar surface area (TPSA) is 57.6 Å². The lowest BCUT2D eigenvalue weighted by atomic mass is 10.0. The largest absolute Gasteiger partial charge is 0.479 e. The Morgan fingerprint density at radius 2 is 1.83 bits per heavy atom. The second kappa shape index (κ2) is 4.80. The number of carboxylic acid groups (broad SMARTS) is 1. The molecule has 2 rings (SSSR count). The fraction of sp³-hybridized carbons (Fsp3) is 0.429. The van der Waals surface area contributed by atoms with E-state index in [4.69, 9.17) is 0 Å². The van der Waals surface area contributed by atoms with Gasteiger partial charge in [-0.1, -0.05) is 29.8 Å². The van der Waals surface area contributed by atoms with Gasteiger partial charge >= 0.3 is 5.97 Å². The second-order valence-corrected chi connectivity index (χ2v) is 4.81. The van der Waals surface area contributed by atoms with Crippen molar-refractivity contribution in [3.63, 3.8) is 0 Å². The van der Waals surface area contributed by atoms with Crippen LogP contribution in [0.15, 0.2) is 24.3 Å². The van der Waals surface area contributed by atoms with E-state index in [0.29, 0.717) is 5.56 Å².